The summed E-state index contributed by atoms with van der Waals surface area (Å²) in [6.45, 7) is 5.44. The molecular weight excluding hydrogens is 90.1 g/mol. The molecule has 0 saturated heterocycles. The smallest absolute Gasteiger partial charge is 0.177 e. The lowest BCUT2D eigenvalue weighted by Gasteiger charge is -1.94. The van der Waals surface area contributed by atoms with E-state index in [1.807, 2.05) is 0 Å². The highest BCUT2D eigenvalue weighted by Gasteiger charge is 1.78. The van der Waals surface area contributed by atoms with Crippen molar-refractivity contribution in [3.05, 3.63) is 12.7 Å². The Hall–Kier alpha value is -0.790. The largest absolute Gasteiger partial charge is 0.477 e. The van der Waals surface area contributed by atoms with Gasteiger partial charge in [-0.05, 0) is 0 Å². The third-order valence-electron chi connectivity index (χ3n) is 0.418. The maximum Gasteiger partial charge on any atom is 0.177 e. The van der Waals surface area contributed by atoms with Crippen LogP contribution < -0.4 is 0 Å². The topological polar surface area (TPSA) is 33.1 Å². The zero-order valence-electron chi connectivity index (χ0n) is 4.40. The molecule has 0 fully saturated rings. The Morgan fingerprint density at radius 1 is 2.00 bits per heavy atom. The van der Waals surface area contributed by atoms with Crippen LogP contribution in [0.2, 0.25) is 0 Å². The molecule has 40 valence electrons. The second kappa shape index (κ2) is 3.40. The minimum Gasteiger partial charge on any atom is -0.477 e. The fourth-order valence-corrected chi connectivity index (χ4v) is 0.184. The van der Waals surface area contributed by atoms with Gasteiger partial charge in [-0.15, -0.1) is 0 Å². The number of hydrogen-bond donors (Lipinski definition) is 1. The molecule has 0 unspecified atom stereocenters. The van der Waals surface area contributed by atoms with Crippen molar-refractivity contribution >= 4 is 5.90 Å². The van der Waals surface area contributed by atoms with Crippen molar-refractivity contribution in [3.63, 3.8) is 0 Å². The Morgan fingerprint density at radius 3 is 2.71 bits per heavy atom. The van der Waals surface area contributed by atoms with Crippen LogP contribution in [0, 0.1) is 5.41 Å². The SMILES string of the molecule is C=CCOC(C)=N. The molecule has 0 heterocycles. The van der Waals surface area contributed by atoms with Crippen LogP contribution in [-0.2, 0) is 4.74 Å². The molecule has 0 amide bonds. The van der Waals surface area contributed by atoms with E-state index < -0.39 is 0 Å². The van der Waals surface area contributed by atoms with E-state index in [4.69, 9.17) is 5.41 Å². The Morgan fingerprint density at radius 2 is 2.57 bits per heavy atom. The van der Waals surface area contributed by atoms with Crippen molar-refractivity contribution in [1.82, 2.24) is 0 Å². The standard InChI is InChI=1S/C5H9NO/c1-3-4-7-5(2)6/h3,6H,1,4H2,2H3. The average molecular weight is 99.1 g/mol. The van der Waals surface area contributed by atoms with E-state index in [0.717, 1.165) is 0 Å². The summed E-state index contributed by atoms with van der Waals surface area (Å²) in [4.78, 5) is 0. The quantitative estimate of drug-likeness (QED) is 0.315. The molecule has 2 heteroatoms. The maximum absolute atomic E-state index is 6.73. The second-order valence-electron chi connectivity index (χ2n) is 1.16. The molecule has 2 nitrogen and oxygen atoms in total. The summed E-state index contributed by atoms with van der Waals surface area (Å²) in [5, 5.41) is 6.73. The molecular formula is C5H9NO. The summed E-state index contributed by atoms with van der Waals surface area (Å²) >= 11 is 0. The summed E-state index contributed by atoms with van der Waals surface area (Å²) in [6.07, 6.45) is 1.61. The van der Waals surface area contributed by atoms with Crippen molar-refractivity contribution in [2.75, 3.05) is 6.61 Å². The van der Waals surface area contributed by atoms with Gasteiger partial charge in [0.05, 0.1) is 0 Å². The summed E-state index contributed by atoms with van der Waals surface area (Å²) in [7, 11) is 0. The van der Waals surface area contributed by atoms with Crippen LogP contribution in [0.3, 0.4) is 0 Å². The van der Waals surface area contributed by atoms with Gasteiger partial charge in [-0.3, -0.25) is 5.41 Å². The zero-order chi connectivity index (χ0) is 5.70. The Labute approximate surface area is 43.3 Å². The normalized spacial score (nSPS) is 7.57. The molecule has 0 aliphatic carbocycles. The molecule has 0 aromatic carbocycles. The van der Waals surface area contributed by atoms with Crippen molar-refractivity contribution in [2.24, 2.45) is 0 Å². The number of hydrogen-bond acceptors (Lipinski definition) is 2. The van der Waals surface area contributed by atoms with Crippen LogP contribution in [0.1, 0.15) is 6.92 Å². The summed E-state index contributed by atoms with van der Waals surface area (Å²) in [5.41, 5.74) is 0. The molecule has 0 atom stereocenters. The summed E-state index contributed by atoms with van der Waals surface area (Å²) < 4.78 is 4.66. The predicted molar refractivity (Wildman–Crippen MR) is 29.5 cm³/mol. The molecule has 0 aliphatic rings. The molecule has 0 aliphatic heterocycles. The van der Waals surface area contributed by atoms with Gasteiger partial charge in [-0.25, -0.2) is 0 Å². The minimum atomic E-state index is 0.236. The van der Waals surface area contributed by atoms with Crippen LogP contribution in [0.25, 0.3) is 0 Å². The molecule has 0 saturated carbocycles. The third kappa shape index (κ3) is 5.21. The summed E-state index contributed by atoms with van der Waals surface area (Å²) in [5.74, 6) is 0.236. The number of rotatable bonds is 2. The van der Waals surface area contributed by atoms with Gasteiger partial charge in [-0.2, -0.15) is 0 Å². The second-order valence-corrected chi connectivity index (χ2v) is 1.16. The van der Waals surface area contributed by atoms with Crippen molar-refractivity contribution in [2.45, 2.75) is 6.92 Å². The summed E-state index contributed by atoms with van der Waals surface area (Å²) in [6, 6.07) is 0. The van der Waals surface area contributed by atoms with E-state index in [0.29, 0.717) is 6.61 Å². The first-order valence-electron chi connectivity index (χ1n) is 2.06. The van der Waals surface area contributed by atoms with Gasteiger partial charge in [0.25, 0.3) is 0 Å². The molecule has 0 spiro atoms. The van der Waals surface area contributed by atoms with Gasteiger partial charge in [0.2, 0.25) is 0 Å². The van der Waals surface area contributed by atoms with Gasteiger partial charge < -0.3 is 4.74 Å². The van der Waals surface area contributed by atoms with E-state index in [1.165, 1.54) is 0 Å². The highest BCUT2D eigenvalue weighted by atomic mass is 16.5. The molecule has 0 aromatic rings. The van der Waals surface area contributed by atoms with Gasteiger partial charge in [0.15, 0.2) is 5.90 Å². The molecule has 1 N–H and O–H groups in total. The molecule has 0 radical (unpaired) electrons. The van der Waals surface area contributed by atoms with Crippen LogP contribution >= 0.6 is 0 Å². The Bertz CT molecular complexity index is 78.1. The lowest BCUT2D eigenvalue weighted by molar-refractivity contribution is 0.344. The van der Waals surface area contributed by atoms with Gasteiger partial charge in [-0.1, -0.05) is 12.7 Å². The highest BCUT2D eigenvalue weighted by Crippen LogP contribution is 1.74. The van der Waals surface area contributed by atoms with E-state index in [1.54, 1.807) is 13.0 Å². The maximum atomic E-state index is 6.73. The van der Waals surface area contributed by atoms with Gasteiger partial charge in [0.1, 0.15) is 6.61 Å². The zero-order valence-corrected chi connectivity index (χ0v) is 4.40. The lowest BCUT2D eigenvalue weighted by atomic mass is 10.7. The lowest BCUT2D eigenvalue weighted by Crippen LogP contribution is -1.95. The first-order valence-corrected chi connectivity index (χ1v) is 2.06. The highest BCUT2D eigenvalue weighted by molar-refractivity contribution is 5.69. The fourth-order valence-electron chi connectivity index (χ4n) is 0.184. The van der Waals surface area contributed by atoms with Crippen LogP contribution in [0.5, 0.6) is 0 Å². The molecule has 0 rings (SSSR count). The molecule has 0 bridgehead atoms. The third-order valence-corrected chi connectivity index (χ3v) is 0.418. The number of ether oxygens (including phenoxy) is 1. The van der Waals surface area contributed by atoms with E-state index in [9.17, 15) is 0 Å². The van der Waals surface area contributed by atoms with Crippen molar-refractivity contribution in [3.8, 4) is 0 Å². The first kappa shape index (κ1) is 6.21. The minimum absolute atomic E-state index is 0.236. The first-order chi connectivity index (χ1) is 3.27. The van der Waals surface area contributed by atoms with E-state index in [-0.39, 0.29) is 5.90 Å². The van der Waals surface area contributed by atoms with Crippen LogP contribution in [-0.4, -0.2) is 12.5 Å². The number of nitrogens with one attached hydrogen (secondary N) is 1. The van der Waals surface area contributed by atoms with E-state index >= 15 is 0 Å². The fraction of sp³-hybridized carbons (Fsp3) is 0.400. The van der Waals surface area contributed by atoms with Crippen molar-refractivity contribution < 1.29 is 4.74 Å². The predicted octanol–water partition coefficient (Wildman–Crippen LogP) is 1.19. The van der Waals surface area contributed by atoms with Crippen LogP contribution in [0.4, 0.5) is 0 Å². The van der Waals surface area contributed by atoms with Gasteiger partial charge in [0, 0.05) is 6.92 Å². The van der Waals surface area contributed by atoms with Gasteiger partial charge >= 0.3 is 0 Å². The monoisotopic (exact) mass is 99.1 g/mol. The van der Waals surface area contributed by atoms with Crippen molar-refractivity contribution in [1.29, 1.82) is 5.41 Å². The molecule has 0 aromatic heterocycles. The van der Waals surface area contributed by atoms with E-state index in [2.05, 4.69) is 11.3 Å². The van der Waals surface area contributed by atoms with Crippen LogP contribution in [0.15, 0.2) is 12.7 Å². The Balaban J connectivity index is 2.97. The Kier molecular flexibility index (Phi) is 3.02. The average Bonchev–Trinajstić information content (AvgIpc) is 1.61. The molecule has 7 heavy (non-hydrogen) atoms.